The molecule has 0 aromatic heterocycles. The molecule has 0 atom stereocenters. The van der Waals surface area contributed by atoms with E-state index in [0.29, 0.717) is 12.4 Å². The maximum atomic E-state index is 7.73. The van der Waals surface area contributed by atoms with Crippen molar-refractivity contribution in [1.82, 2.24) is 5.48 Å². The highest BCUT2D eigenvalue weighted by molar-refractivity contribution is 6.18. The number of hydroxylamine groups is 1. The molecule has 0 aliphatic heterocycles. The van der Waals surface area contributed by atoms with Crippen LogP contribution >= 0.6 is 24.0 Å². The maximum absolute atomic E-state index is 7.73. The van der Waals surface area contributed by atoms with Gasteiger partial charge in [0.05, 0.1) is 0 Å². The Balaban J connectivity index is 0. The molecule has 0 rings (SSSR count). The van der Waals surface area contributed by atoms with Crippen molar-refractivity contribution in [2.45, 2.75) is 0 Å². The summed E-state index contributed by atoms with van der Waals surface area (Å²) >= 11 is 5.08. The van der Waals surface area contributed by atoms with E-state index in [1.807, 2.05) is 5.48 Å². The first-order chi connectivity index (χ1) is 2.41. The van der Waals surface area contributed by atoms with E-state index in [1.165, 1.54) is 0 Å². The summed E-state index contributed by atoms with van der Waals surface area (Å²) in [5.41, 5.74) is 1.89. The highest BCUT2D eigenvalue weighted by atomic mass is 35.5. The van der Waals surface area contributed by atoms with Crippen molar-refractivity contribution >= 4 is 24.0 Å². The van der Waals surface area contributed by atoms with Gasteiger partial charge < -0.3 is 5.21 Å². The minimum Gasteiger partial charge on any atom is -0.317 e. The SMILES string of the molecule is Cl.ONCCCl. The largest absolute Gasteiger partial charge is 0.317 e. The van der Waals surface area contributed by atoms with Crippen LogP contribution in [0.25, 0.3) is 0 Å². The van der Waals surface area contributed by atoms with E-state index >= 15 is 0 Å². The van der Waals surface area contributed by atoms with Crippen LogP contribution in [0.5, 0.6) is 0 Å². The van der Waals surface area contributed by atoms with Gasteiger partial charge in [-0.05, 0) is 0 Å². The molecular formula is C2H7Cl2NO. The van der Waals surface area contributed by atoms with E-state index in [-0.39, 0.29) is 12.4 Å². The average Bonchev–Trinajstić information content (AvgIpc) is 1.41. The third kappa shape index (κ3) is 8.82. The Kier molecular flexibility index (Phi) is 14.7. The van der Waals surface area contributed by atoms with Crippen molar-refractivity contribution in [3.63, 3.8) is 0 Å². The van der Waals surface area contributed by atoms with Crippen LogP contribution in [0.15, 0.2) is 0 Å². The molecular weight excluding hydrogens is 125 g/mol. The zero-order valence-electron chi connectivity index (χ0n) is 3.15. The lowest BCUT2D eigenvalue weighted by atomic mass is 10.8. The van der Waals surface area contributed by atoms with Crippen LogP contribution in [0.2, 0.25) is 0 Å². The Bertz CT molecular complexity index is 19.0. The van der Waals surface area contributed by atoms with E-state index in [9.17, 15) is 0 Å². The van der Waals surface area contributed by atoms with E-state index in [1.54, 1.807) is 0 Å². The number of hydrogen-bond donors (Lipinski definition) is 2. The minimum absolute atomic E-state index is 0. The molecule has 6 heavy (non-hydrogen) atoms. The molecule has 0 aliphatic carbocycles. The normalized spacial score (nSPS) is 7.00. The number of nitrogens with one attached hydrogen (secondary N) is 1. The molecule has 2 nitrogen and oxygen atoms in total. The van der Waals surface area contributed by atoms with Crippen LogP contribution in [0, 0.1) is 0 Å². The molecule has 0 heterocycles. The fraction of sp³-hybridized carbons (Fsp3) is 1.00. The molecule has 0 aromatic carbocycles. The van der Waals surface area contributed by atoms with Gasteiger partial charge in [0.1, 0.15) is 0 Å². The zero-order valence-corrected chi connectivity index (χ0v) is 4.72. The van der Waals surface area contributed by atoms with Crippen LogP contribution in [0.3, 0.4) is 0 Å². The van der Waals surface area contributed by atoms with E-state index in [4.69, 9.17) is 16.8 Å². The van der Waals surface area contributed by atoms with Gasteiger partial charge in [0.2, 0.25) is 0 Å². The molecule has 0 saturated heterocycles. The fourth-order valence-electron chi connectivity index (χ4n) is 0.0423. The van der Waals surface area contributed by atoms with Crippen LogP contribution in [0.4, 0.5) is 0 Å². The highest BCUT2D eigenvalue weighted by Gasteiger charge is 1.68. The molecule has 0 aromatic rings. The Morgan fingerprint density at radius 2 is 2.17 bits per heavy atom. The van der Waals surface area contributed by atoms with Gasteiger partial charge in [-0.3, -0.25) is 0 Å². The van der Waals surface area contributed by atoms with E-state index in [2.05, 4.69) is 0 Å². The Morgan fingerprint density at radius 1 is 1.67 bits per heavy atom. The van der Waals surface area contributed by atoms with E-state index in [0.717, 1.165) is 0 Å². The number of hydrogen-bond acceptors (Lipinski definition) is 2. The number of rotatable bonds is 2. The van der Waals surface area contributed by atoms with Gasteiger partial charge in [-0.25, -0.2) is 5.48 Å². The second-order valence-corrected chi connectivity index (χ2v) is 0.975. The van der Waals surface area contributed by atoms with Crippen LogP contribution in [0.1, 0.15) is 0 Å². The topological polar surface area (TPSA) is 32.3 Å². The van der Waals surface area contributed by atoms with Crippen LogP contribution in [-0.4, -0.2) is 17.6 Å². The monoisotopic (exact) mass is 131 g/mol. The molecule has 4 heteroatoms. The minimum atomic E-state index is 0. The van der Waals surface area contributed by atoms with Crippen molar-refractivity contribution in [2.24, 2.45) is 0 Å². The summed E-state index contributed by atoms with van der Waals surface area (Å²) in [7, 11) is 0. The van der Waals surface area contributed by atoms with Crippen molar-refractivity contribution in [2.75, 3.05) is 12.4 Å². The molecule has 0 radical (unpaired) electrons. The summed E-state index contributed by atoms with van der Waals surface area (Å²) in [6.45, 7) is 0.460. The molecule has 0 aliphatic rings. The lowest BCUT2D eigenvalue weighted by Crippen LogP contribution is -2.08. The zero-order chi connectivity index (χ0) is 4.12. The predicted molar refractivity (Wildman–Crippen MR) is 27.8 cm³/mol. The molecule has 0 amide bonds. The smallest absolute Gasteiger partial charge is 0.0371 e. The average molecular weight is 132 g/mol. The lowest BCUT2D eigenvalue weighted by Gasteiger charge is -1.82. The fourth-order valence-corrected chi connectivity index (χ4v) is 0.127. The van der Waals surface area contributed by atoms with Gasteiger partial charge >= 0.3 is 0 Å². The first-order valence-corrected chi connectivity index (χ1v) is 1.88. The molecule has 0 fully saturated rings. The first kappa shape index (κ1) is 9.71. The maximum Gasteiger partial charge on any atom is 0.0371 e. The first-order valence-electron chi connectivity index (χ1n) is 1.34. The van der Waals surface area contributed by atoms with E-state index < -0.39 is 0 Å². The van der Waals surface area contributed by atoms with Crippen molar-refractivity contribution in [3.05, 3.63) is 0 Å². The highest BCUT2D eigenvalue weighted by Crippen LogP contribution is 1.63. The predicted octanol–water partition coefficient (Wildman–Crippen LogP) is 0.626. The standard InChI is InChI=1S/C2H6ClNO.ClH/c3-1-2-4-5;/h4-5H,1-2H2;1H. The van der Waals surface area contributed by atoms with Gasteiger partial charge in [0.15, 0.2) is 0 Å². The Labute approximate surface area is 47.9 Å². The van der Waals surface area contributed by atoms with Crippen LogP contribution in [-0.2, 0) is 0 Å². The van der Waals surface area contributed by atoms with Gasteiger partial charge in [0.25, 0.3) is 0 Å². The summed E-state index contributed by atoms with van der Waals surface area (Å²) in [4.78, 5) is 0. The summed E-state index contributed by atoms with van der Waals surface area (Å²) in [5.74, 6) is 0.455. The summed E-state index contributed by atoms with van der Waals surface area (Å²) in [6.07, 6.45) is 0. The van der Waals surface area contributed by atoms with Crippen LogP contribution < -0.4 is 5.48 Å². The van der Waals surface area contributed by atoms with Gasteiger partial charge in [0, 0.05) is 12.4 Å². The lowest BCUT2D eigenvalue weighted by molar-refractivity contribution is 0.174. The molecule has 40 valence electrons. The Morgan fingerprint density at radius 3 is 2.17 bits per heavy atom. The quantitative estimate of drug-likeness (QED) is 0.426. The molecule has 0 unspecified atom stereocenters. The summed E-state index contributed by atoms with van der Waals surface area (Å²) in [6, 6.07) is 0. The number of halogens is 2. The van der Waals surface area contributed by atoms with Gasteiger partial charge in [-0.2, -0.15) is 0 Å². The summed E-state index contributed by atoms with van der Waals surface area (Å²) in [5, 5.41) is 7.73. The van der Waals surface area contributed by atoms with Crippen molar-refractivity contribution in [3.8, 4) is 0 Å². The number of alkyl halides is 1. The van der Waals surface area contributed by atoms with Crippen molar-refractivity contribution in [1.29, 1.82) is 0 Å². The molecule has 0 bridgehead atoms. The third-order valence-corrected chi connectivity index (χ3v) is 0.395. The second kappa shape index (κ2) is 9.09. The molecule has 0 saturated carbocycles. The summed E-state index contributed by atoms with van der Waals surface area (Å²) < 4.78 is 0. The van der Waals surface area contributed by atoms with Gasteiger partial charge in [-0.1, -0.05) is 0 Å². The molecule has 0 spiro atoms. The third-order valence-electron chi connectivity index (χ3n) is 0.206. The van der Waals surface area contributed by atoms with Gasteiger partial charge in [-0.15, -0.1) is 24.0 Å². The Hall–Kier alpha value is 0.500. The second-order valence-electron chi connectivity index (χ2n) is 0.597. The van der Waals surface area contributed by atoms with Crippen molar-refractivity contribution < 1.29 is 5.21 Å². The molecule has 2 N–H and O–H groups in total.